The summed E-state index contributed by atoms with van der Waals surface area (Å²) < 4.78 is 122. The zero-order valence-corrected chi connectivity index (χ0v) is 43.0. The maximum absolute atomic E-state index is 10.6. The van der Waals surface area contributed by atoms with Crippen LogP contribution in [0, 0.1) is 41.4 Å². The van der Waals surface area contributed by atoms with E-state index in [1.165, 1.54) is 19.3 Å². The molecule has 5 aromatic carbocycles. The molecule has 67 heavy (non-hydrogen) atoms. The largest absolute Gasteiger partial charge is 0.311 e. The Balaban J connectivity index is 1.32. The van der Waals surface area contributed by atoms with Gasteiger partial charge in [0.15, 0.2) is 0 Å². The van der Waals surface area contributed by atoms with Crippen LogP contribution in [0.1, 0.15) is 192 Å². The molecule has 0 aromatic heterocycles. The zero-order chi connectivity index (χ0) is 57.7. The monoisotopic (exact) mass is 899 g/mol. The van der Waals surface area contributed by atoms with E-state index in [-0.39, 0.29) is 106 Å². The second kappa shape index (κ2) is 14.0. The van der Waals surface area contributed by atoms with E-state index < -0.39 is 33.8 Å². The molecule has 0 unspecified atom stereocenters. The summed E-state index contributed by atoms with van der Waals surface area (Å²) in [6.45, 7) is 28.4. The van der Waals surface area contributed by atoms with Crippen molar-refractivity contribution in [1.29, 1.82) is 0 Å². The predicted molar refractivity (Wildman–Crippen MR) is 288 cm³/mol. The third-order valence-electron chi connectivity index (χ3n) is 17.9. The molecule has 7 saturated carbocycles. The normalized spacial score (nSPS) is 30.5. The third kappa shape index (κ3) is 6.60. The van der Waals surface area contributed by atoms with E-state index >= 15 is 0 Å². The maximum Gasteiger partial charge on any atom is 0.252 e. The van der Waals surface area contributed by atoms with E-state index in [1.807, 2.05) is 115 Å². The van der Waals surface area contributed by atoms with Gasteiger partial charge in [0.1, 0.15) is 0 Å². The molecule has 8 bridgehead atoms. The van der Waals surface area contributed by atoms with Crippen molar-refractivity contribution in [1.82, 2.24) is 0 Å². The quantitative estimate of drug-likeness (QED) is 0.163. The predicted octanol–water partition coefficient (Wildman–Crippen LogP) is 15.2. The van der Waals surface area contributed by atoms with Crippen LogP contribution < -0.4 is 26.2 Å². The molecule has 7 fully saturated rings. The van der Waals surface area contributed by atoms with Gasteiger partial charge >= 0.3 is 0 Å². The van der Waals surface area contributed by atoms with Gasteiger partial charge in [-0.3, -0.25) is 0 Å². The summed E-state index contributed by atoms with van der Waals surface area (Å²) in [4.78, 5) is 3.66. The number of fused-ring (bicyclic) bond motifs is 4. The summed E-state index contributed by atoms with van der Waals surface area (Å²) >= 11 is 0. The Bertz CT molecular complexity index is 3420. The van der Waals surface area contributed by atoms with Gasteiger partial charge in [-0.25, -0.2) is 0 Å². The number of hydrogen-bond donors (Lipinski definition) is 0. The fourth-order valence-corrected chi connectivity index (χ4v) is 14.6. The van der Waals surface area contributed by atoms with Crippen molar-refractivity contribution in [3.05, 3.63) is 124 Å². The van der Waals surface area contributed by atoms with Crippen molar-refractivity contribution in [2.75, 3.05) is 9.80 Å². The van der Waals surface area contributed by atoms with Gasteiger partial charge in [0.2, 0.25) is 0 Å². The highest BCUT2D eigenvalue weighted by Gasteiger charge is 2.67. The minimum Gasteiger partial charge on any atom is -0.311 e. The lowest BCUT2D eigenvalue weighted by atomic mass is 9.31. The van der Waals surface area contributed by atoms with Crippen molar-refractivity contribution in [3.8, 4) is 0 Å². The summed E-state index contributed by atoms with van der Waals surface area (Å²) in [5.41, 5.74) is 1.99. The van der Waals surface area contributed by atoms with Crippen LogP contribution in [-0.2, 0) is 32.5 Å². The number of anilines is 6. The molecule has 3 heteroatoms. The van der Waals surface area contributed by atoms with Crippen LogP contribution in [0.3, 0.4) is 0 Å². The Kier molecular flexibility index (Phi) is 6.79. The van der Waals surface area contributed by atoms with Crippen molar-refractivity contribution in [2.24, 2.45) is 41.4 Å². The molecular weight excluding hydrogens is 808 g/mol. The Morgan fingerprint density at radius 1 is 0.433 bits per heavy atom. The van der Waals surface area contributed by atoms with Gasteiger partial charge in [-0.15, -0.1) is 0 Å². The van der Waals surface area contributed by atoms with Crippen molar-refractivity contribution in [2.45, 2.75) is 175 Å². The first-order valence-corrected chi connectivity index (χ1v) is 25.7. The van der Waals surface area contributed by atoms with Crippen LogP contribution in [0.5, 0.6) is 0 Å². The molecule has 0 radical (unpaired) electrons. The first-order valence-electron chi connectivity index (χ1n) is 31.7. The molecule has 0 saturated heterocycles. The Hall–Kier alpha value is -4.24. The van der Waals surface area contributed by atoms with E-state index in [0.717, 1.165) is 30.7 Å². The van der Waals surface area contributed by atoms with E-state index in [4.69, 9.17) is 0 Å². The molecule has 2 aliphatic heterocycles. The first-order chi connectivity index (χ1) is 36.3. The number of hydrogen-bond acceptors (Lipinski definition) is 2. The smallest absolute Gasteiger partial charge is 0.252 e. The minimum atomic E-state index is -1.03. The number of benzene rings is 5. The standard InChI is InChI=1S/C64H79BN2/c1-59(2,3)38-16-20-44(21-17-38)66-54-23-19-39(60(4,5)6)30-53(54)65-52-22-18-40(61(7,8)9)31-55(52)67(45-28-41(62(10,11)12)27-42(29-45)63(13,14)15)57-33-43(32-56(66)58(57)65)64-34-49-46-24-37-25-47(49)51(36-64)48(26-37)50(46)35-64/h16-23,27-33,37,46-51H,24-26,34-36H2,1-15H3/i16D,17D,18D,19D,20D,21D,22D,23D,27D,28D,29D,30D. The maximum atomic E-state index is 10.6. The lowest BCUT2D eigenvalue weighted by Gasteiger charge is -2.72. The first kappa shape index (κ1) is 32.6. The van der Waals surface area contributed by atoms with Crippen LogP contribution >= 0.6 is 0 Å². The Morgan fingerprint density at radius 2 is 0.896 bits per heavy atom. The highest BCUT2D eigenvalue weighted by molar-refractivity contribution is 7.00. The van der Waals surface area contributed by atoms with Crippen LogP contribution in [-0.4, -0.2) is 6.71 Å². The van der Waals surface area contributed by atoms with Gasteiger partial charge < -0.3 is 9.80 Å². The summed E-state index contributed by atoms with van der Waals surface area (Å²) in [6, 6.07) is 4.92. The van der Waals surface area contributed by atoms with Crippen molar-refractivity contribution in [3.63, 3.8) is 0 Å². The van der Waals surface area contributed by atoms with E-state index in [2.05, 4.69) is 12.1 Å². The highest BCUT2D eigenvalue weighted by Crippen LogP contribution is 2.74. The second-order valence-corrected chi connectivity index (χ2v) is 27.5. The lowest BCUT2D eigenvalue weighted by Crippen LogP contribution is -2.66. The molecule has 7 aliphatic carbocycles. The molecule has 348 valence electrons. The lowest BCUT2D eigenvalue weighted by molar-refractivity contribution is -0.212. The van der Waals surface area contributed by atoms with Crippen molar-refractivity contribution < 1.29 is 16.4 Å². The molecule has 14 rings (SSSR count). The van der Waals surface area contributed by atoms with Gasteiger partial charge in [0.25, 0.3) is 6.71 Å². The molecular formula is C64H79BN2. The van der Waals surface area contributed by atoms with E-state index in [1.54, 1.807) is 4.90 Å². The molecule has 0 N–H and O–H groups in total. The molecule has 5 aromatic rings. The molecule has 9 aliphatic rings. The van der Waals surface area contributed by atoms with Crippen LogP contribution in [0.25, 0.3) is 0 Å². The third-order valence-corrected chi connectivity index (χ3v) is 17.9. The topological polar surface area (TPSA) is 6.48 Å². The summed E-state index contributed by atoms with van der Waals surface area (Å²) in [5, 5.41) is 0. The van der Waals surface area contributed by atoms with Gasteiger partial charge in [-0.2, -0.15) is 0 Å². The molecule has 2 nitrogen and oxygen atoms in total. The van der Waals surface area contributed by atoms with Gasteiger partial charge in [0, 0.05) is 34.1 Å². The molecule has 0 spiro atoms. The van der Waals surface area contributed by atoms with Gasteiger partial charge in [-0.05, 0) is 211 Å². The zero-order valence-electron chi connectivity index (χ0n) is 55.0. The van der Waals surface area contributed by atoms with Gasteiger partial charge in [-0.1, -0.05) is 146 Å². The number of nitrogens with zero attached hydrogens (tertiary/aromatic N) is 2. The average Bonchev–Trinajstić information content (AvgIpc) is 1.68. The fraction of sp³-hybridized carbons (Fsp3) is 0.531. The van der Waals surface area contributed by atoms with E-state index in [9.17, 15) is 16.4 Å². The highest BCUT2D eigenvalue weighted by atomic mass is 15.2. The Morgan fingerprint density at radius 3 is 1.39 bits per heavy atom. The van der Waals surface area contributed by atoms with Gasteiger partial charge in [0.05, 0.1) is 16.4 Å². The van der Waals surface area contributed by atoms with Crippen LogP contribution in [0.4, 0.5) is 34.1 Å². The van der Waals surface area contributed by atoms with Crippen molar-refractivity contribution >= 4 is 57.2 Å². The minimum absolute atomic E-state index is 0.00826. The SMILES string of the molecule is [2H]c1c(C(C)(C)C)cc2c(c1[2H])B1c3c(cc(C45CC6C7CC8CC6C(C4)C(C8)C7C5)cc3N(c3c([2H])c([2H])c(C(C)(C)C)c([2H])c3[2H])c3c([2H])c([2H])c(C(C)(C)C)c([2H])c31)N2c1c([2H])c(C(C)(C)C)c([2H])c(C(C)(C)C)c1[2H]. The summed E-state index contributed by atoms with van der Waals surface area (Å²) in [5.74, 6) is 4.57. The van der Waals surface area contributed by atoms with Crippen LogP contribution in [0.2, 0.25) is 0 Å². The van der Waals surface area contributed by atoms with Crippen LogP contribution in [0.15, 0.2) is 90.7 Å². The van der Waals surface area contributed by atoms with E-state index in [0.29, 0.717) is 85.7 Å². The number of rotatable bonds is 3. The molecule has 0 atom stereocenters. The fourth-order valence-electron chi connectivity index (χ4n) is 14.6. The summed E-state index contributed by atoms with van der Waals surface area (Å²) in [6.07, 6.45) is 6.86. The molecule has 0 amide bonds. The summed E-state index contributed by atoms with van der Waals surface area (Å²) in [7, 11) is 0. The Labute approximate surface area is 422 Å². The second-order valence-electron chi connectivity index (χ2n) is 27.5. The molecule has 2 heterocycles. The average molecular weight is 899 g/mol.